The summed E-state index contributed by atoms with van der Waals surface area (Å²) in [5.74, 6) is -0.300. The second-order valence-corrected chi connectivity index (χ2v) is 9.56. The number of carbonyl (C=O) groups excluding carboxylic acids is 2. The number of aliphatic hydroxyl groups is 1. The fraction of sp³-hybridized carbons (Fsp3) is 0.920. The molecule has 0 aromatic carbocycles. The highest BCUT2D eigenvalue weighted by atomic mass is 16.7. The Balaban J connectivity index is 1.71. The molecule has 1 heterocycles. The molecule has 32 heavy (non-hydrogen) atoms. The Labute approximate surface area is 193 Å². The fourth-order valence-corrected chi connectivity index (χ4v) is 4.98. The van der Waals surface area contributed by atoms with E-state index in [1.807, 2.05) is 13.8 Å². The van der Waals surface area contributed by atoms with Crippen LogP contribution in [0.15, 0.2) is 0 Å². The van der Waals surface area contributed by atoms with Crippen LogP contribution in [0.3, 0.4) is 0 Å². The predicted octanol–water partition coefficient (Wildman–Crippen LogP) is 4.53. The number of carbonyl (C=O) groups is 2. The number of ether oxygens (including phenoxy) is 4. The van der Waals surface area contributed by atoms with Gasteiger partial charge in [-0.25, -0.2) is 0 Å². The van der Waals surface area contributed by atoms with E-state index in [1.165, 1.54) is 6.92 Å². The van der Waals surface area contributed by atoms with Crippen molar-refractivity contribution in [3.05, 3.63) is 0 Å². The summed E-state index contributed by atoms with van der Waals surface area (Å²) >= 11 is 0. The molecule has 5 atom stereocenters. The van der Waals surface area contributed by atoms with E-state index in [9.17, 15) is 14.7 Å². The Morgan fingerprint density at radius 3 is 2.34 bits per heavy atom. The van der Waals surface area contributed by atoms with E-state index >= 15 is 0 Å². The summed E-state index contributed by atoms with van der Waals surface area (Å²) in [6.07, 6.45) is 10.7. The number of rotatable bonds is 14. The lowest BCUT2D eigenvalue weighted by atomic mass is 9.89. The summed E-state index contributed by atoms with van der Waals surface area (Å²) in [7, 11) is 0. The lowest BCUT2D eigenvalue weighted by Crippen LogP contribution is -2.33. The molecule has 1 unspecified atom stereocenters. The van der Waals surface area contributed by atoms with E-state index in [4.69, 9.17) is 18.9 Å². The summed E-state index contributed by atoms with van der Waals surface area (Å²) < 4.78 is 22.7. The van der Waals surface area contributed by atoms with Gasteiger partial charge < -0.3 is 24.1 Å². The van der Waals surface area contributed by atoms with Crippen molar-refractivity contribution in [3.63, 3.8) is 0 Å². The summed E-state index contributed by atoms with van der Waals surface area (Å²) in [5.41, 5.74) is 0. The summed E-state index contributed by atoms with van der Waals surface area (Å²) in [6, 6.07) is 0. The highest BCUT2D eigenvalue weighted by Crippen LogP contribution is 2.40. The molecule has 1 saturated heterocycles. The maximum absolute atomic E-state index is 11.6. The number of esters is 2. The normalized spacial score (nSPS) is 28.1. The smallest absolute Gasteiger partial charge is 0.306 e. The Morgan fingerprint density at radius 2 is 1.72 bits per heavy atom. The van der Waals surface area contributed by atoms with E-state index < -0.39 is 0 Å². The Morgan fingerprint density at radius 1 is 1.00 bits per heavy atom. The van der Waals surface area contributed by atoms with Gasteiger partial charge >= 0.3 is 11.9 Å². The van der Waals surface area contributed by atoms with Crippen molar-refractivity contribution in [2.24, 2.45) is 11.8 Å². The molecule has 7 nitrogen and oxygen atoms in total. The van der Waals surface area contributed by atoms with Crippen molar-refractivity contribution in [2.75, 3.05) is 13.2 Å². The molecule has 0 aromatic rings. The molecule has 1 aliphatic heterocycles. The average Bonchev–Trinajstić information content (AvgIpc) is 3.05. The third-order valence-electron chi connectivity index (χ3n) is 6.50. The summed E-state index contributed by atoms with van der Waals surface area (Å²) in [4.78, 5) is 23.2. The minimum absolute atomic E-state index is 0.0307. The molecule has 186 valence electrons. The van der Waals surface area contributed by atoms with Crippen LogP contribution in [0.2, 0.25) is 0 Å². The van der Waals surface area contributed by atoms with Crippen molar-refractivity contribution in [1.29, 1.82) is 0 Å². The molecule has 2 rings (SSSR count). The maximum atomic E-state index is 11.6. The molecule has 0 radical (unpaired) electrons. The predicted molar refractivity (Wildman–Crippen MR) is 121 cm³/mol. The van der Waals surface area contributed by atoms with E-state index in [0.29, 0.717) is 12.8 Å². The van der Waals surface area contributed by atoms with Gasteiger partial charge in [0.15, 0.2) is 6.29 Å². The van der Waals surface area contributed by atoms with Crippen LogP contribution in [0.25, 0.3) is 0 Å². The highest BCUT2D eigenvalue weighted by Gasteiger charge is 2.45. The lowest BCUT2D eigenvalue weighted by molar-refractivity contribution is -0.198. The first-order chi connectivity index (χ1) is 15.4. The molecule has 0 bridgehead atoms. The molecule has 2 aliphatic rings. The molecular formula is C25H44O7. The zero-order chi connectivity index (χ0) is 23.3. The van der Waals surface area contributed by atoms with Crippen molar-refractivity contribution >= 4 is 11.9 Å². The molecule has 0 amide bonds. The van der Waals surface area contributed by atoms with Crippen LogP contribution in [0.1, 0.15) is 97.8 Å². The molecule has 0 aromatic heterocycles. The van der Waals surface area contributed by atoms with Gasteiger partial charge in [-0.1, -0.05) is 32.1 Å². The van der Waals surface area contributed by atoms with Crippen LogP contribution in [0.5, 0.6) is 0 Å². The van der Waals surface area contributed by atoms with Crippen LogP contribution in [-0.4, -0.2) is 54.9 Å². The standard InChI is InChI=1S/C25H44O7/c1-18(2)30-24(28)13-9-7-5-4-6-8-12-20-21(17-26)23(16-22(20)31-19(3)27)32-25-14-10-11-15-29-25/h18,20-23,25-26H,4-17H2,1-3H3/t20-,21-,22+,23-,25?/m1/s1. The van der Waals surface area contributed by atoms with Gasteiger partial charge in [0.05, 0.1) is 12.2 Å². The van der Waals surface area contributed by atoms with Crippen LogP contribution >= 0.6 is 0 Å². The molecule has 0 spiro atoms. The first-order valence-corrected chi connectivity index (χ1v) is 12.6. The van der Waals surface area contributed by atoms with Crippen LogP contribution in [0, 0.1) is 11.8 Å². The van der Waals surface area contributed by atoms with Crippen LogP contribution < -0.4 is 0 Å². The average molecular weight is 457 g/mol. The third kappa shape index (κ3) is 9.75. The van der Waals surface area contributed by atoms with Crippen molar-refractivity contribution in [1.82, 2.24) is 0 Å². The van der Waals surface area contributed by atoms with Gasteiger partial charge in [-0.3, -0.25) is 9.59 Å². The zero-order valence-electron chi connectivity index (χ0n) is 20.3. The van der Waals surface area contributed by atoms with Gasteiger partial charge in [-0.05, 0) is 46.0 Å². The van der Waals surface area contributed by atoms with Gasteiger partial charge in [0, 0.05) is 44.8 Å². The largest absolute Gasteiger partial charge is 0.463 e. The Bertz CT molecular complexity index is 544. The van der Waals surface area contributed by atoms with Crippen molar-refractivity contribution in [2.45, 2.75) is 122 Å². The number of aliphatic hydroxyl groups excluding tert-OH is 1. The lowest BCUT2D eigenvalue weighted by Gasteiger charge is -2.29. The first-order valence-electron chi connectivity index (χ1n) is 12.6. The zero-order valence-corrected chi connectivity index (χ0v) is 20.3. The molecule has 1 saturated carbocycles. The van der Waals surface area contributed by atoms with Gasteiger partial charge in [0.25, 0.3) is 0 Å². The monoisotopic (exact) mass is 456 g/mol. The van der Waals surface area contributed by atoms with Gasteiger partial charge in [-0.2, -0.15) is 0 Å². The quantitative estimate of drug-likeness (QED) is 0.303. The van der Waals surface area contributed by atoms with Crippen LogP contribution in [-0.2, 0) is 28.5 Å². The van der Waals surface area contributed by atoms with Gasteiger partial charge in [-0.15, -0.1) is 0 Å². The molecule has 1 aliphatic carbocycles. The highest BCUT2D eigenvalue weighted by molar-refractivity contribution is 5.69. The van der Waals surface area contributed by atoms with E-state index in [-0.39, 0.29) is 55.0 Å². The maximum Gasteiger partial charge on any atom is 0.306 e. The molecule has 2 fully saturated rings. The summed E-state index contributed by atoms with van der Waals surface area (Å²) in [6.45, 7) is 5.94. The Kier molecular flexibility index (Phi) is 12.6. The van der Waals surface area contributed by atoms with Crippen molar-refractivity contribution < 1.29 is 33.6 Å². The minimum Gasteiger partial charge on any atom is -0.463 e. The number of unbranched alkanes of at least 4 members (excludes halogenated alkanes) is 5. The second kappa shape index (κ2) is 14.9. The molecular weight excluding hydrogens is 412 g/mol. The SMILES string of the molecule is CC(=O)O[C@H]1C[C@@H](OC2CCCCO2)[C@H](CO)[C@H]1CCCCCCCCC(=O)OC(C)C. The first kappa shape index (κ1) is 27.1. The summed E-state index contributed by atoms with van der Waals surface area (Å²) in [5, 5.41) is 10.1. The Hall–Kier alpha value is -1.18. The van der Waals surface area contributed by atoms with Crippen LogP contribution in [0.4, 0.5) is 0 Å². The van der Waals surface area contributed by atoms with Crippen molar-refractivity contribution in [3.8, 4) is 0 Å². The van der Waals surface area contributed by atoms with E-state index in [0.717, 1.165) is 70.8 Å². The topological polar surface area (TPSA) is 91.3 Å². The van der Waals surface area contributed by atoms with E-state index in [1.54, 1.807) is 0 Å². The van der Waals surface area contributed by atoms with Gasteiger partial charge in [0.1, 0.15) is 6.10 Å². The molecule has 7 heteroatoms. The number of hydrogen-bond donors (Lipinski definition) is 1. The van der Waals surface area contributed by atoms with E-state index in [2.05, 4.69) is 0 Å². The second-order valence-electron chi connectivity index (χ2n) is 9.56. The number of hydrogen-bond acceptors (Lipinski definition) is 7. The van der Waals surface area contributed by atoms with Gasteiger partial charge in [0.2, 0.25) is 0 Å². The third-order valence-corrected chi connectivity index (χ3v) is 6.50. The molecule has 1 N–H and O–H groups in total. The minimum atomic E-state index is -0.276. The fourth-order valence-electron chi connectivity index (χ4n) is 4.98.